The summed E-state index contributed by atoms with van der Waals surface area (Å²) >= 11 is 0. The number of aromatic amines is 1. The van der Waals surface area contributed by atoms with Crippen LogP contribution in [-0.2, 0) is 15.1 Å². The number of pyridine rings is 1. The molecule has 3 aromatic rings. The number of ether oxygens (including phenoxy) is 1. The van der Waals surface area contributed by atoms with Gasteiger partial charge in [0.2, 0.25) is 5.95 Å². The average Bonchev–Trinajstić information content (AvgIpc) is 3.39. The van der Waals surface area contributed by atoms with E-state index in [2.05, 4.69) is 15.0 Å². The second kappa shape index (κ2) is 8.12. The number of carbonyl (C=O) groups is 2. The van der Waals surface area contributed by atoms with Gasteiger partial charge in [0.05, 0.1) is 7.11 Å². The molecule has 0 fully saturated rings. The van der Waals surface area contributed by atoms with Gasteiger partial charge in [0.15, 0.2) is 11.5 Å². The van der Waals surface area contributed by atoms with Crippen LogP contribution >= 0.6 is 0 Å². The van der Waals surface area contributed by atoms with E-state index in [0.717, 1.165) is 6.07 Å². The van der Waals surface area contributed by atoms with Gasteiger partial charge >= 0.3 is 5.97 Å². The maximum Gasteiger partial charge on any atom is 0.354 e. The summed E-state index contributed by atoms with van der Waals surface area (Å²) in [5, 5.41) is 0. The Morgan fingerprint density at radius 2 is 2.00 bits per heavy atom. The number of hydrogen-bond acceptors (Lipinski definition) is 6. The Labute approximate surface area is 188 Å². The number of amides is 1. The van der Waals surface area contributed by atoms with Gasteiger partial charge in [-0.25, -0.2) is 19.2 Å². The highest BCUT2D eigenvalue weighted by atomic mass is 19.1. The number of nitrogens with zero attached hydrogens (tertiary/aromatic N) is 3. The van der Waals surface area contributed by atoms with Gasteiger partial charge in [-0.1, -0.05) is 13.0 Å². The molecular weight excluding hydrogens is 432 g/mol. The Bertz CT molecular complexity index is 1290. The van der Waals surface area contributed by atoms with Crippen LogP contribution in [0.5, 0.6) is 0 Å². The molecule has 0 aliphatic carbocycles. The van der Waals surface area contributed by atoms with Crippen molar-refractivity contribution in [2.45, 2.75) is 18.4 Å². The first-order valence-electron chi connectivity index (χ1n) is 10.0. The third kappa shape index (κ3) is 3.43. The van der Waals surface area contributed by atoms with Crippen molar-refractivity contribution in [3.8, 4) is 11.1 Å². The molecule has 1 unspecified atom stereocenters. The summed E-state index contributed by atoms with van der Waals surface area (Å²) in [4.78, 5) is 37.5. The van der Waals surface area contributed by atoms with Crippen LogP contribution in [0.2, 0.25) is 0 Å². The van der Waals surface area contributed by atoms with E-state index in [1.54, 1.807) is 19.2 Å². The van der Waals surface area contributed by atoms with E-state index in [1.165, 1.54) is 49.5 Å². The Morgan fingerprint density at radius 3 is 2.64 bits per heavy atom. The van der Waals surface area contributed by atoms with Crippen molar-refractivity contribution >= 4 is 17.8 Å². The predicted octanol–water partition coefficient (Wildman–Crippen LogP) is 2.93. The molecule has 1 aromatic carbocycles. The van der Waals surface area contributed by atoms with E-state index in [1.807, 2.05) is 0 Å². The minimum absolute atomic E-state index is 0.0194. The summed E-state index contributed by atoms with van der Waals surface area (Å²) in [7, 11) is 2.74. The van der Waals surface area contributed by atoms with Crippen LogP contribution in [0.1, 0.15) is 34.5 Å². The molecule has 4 rings (SSSR count). The molecule has 0 saturated heterocycles. The number of rotatable bonds is 5. The number of hydrogen-bond donors (Lipinski definition) is 2. The number of nitrogens with two attached hydrogens (primary N) is 1. The van der Waals surface area contributed by atoms with Gasteiger partial charge in [-0.2, -0.15) is 4.39 Å². The first-order valence-corrected chi connectivity index (χ1v) is 10.0. The van der Waals surface area contributed by atoms with Gasteiger partial charge in [0.25, 0.3) is 5.91 Å². The minimum atomic E-state index is -1.57. The zero-order valence-electron chi connectivity index (χ0n) is 18.1. The van der Waals surface area contributed by atoms with E-state index in [-0.39, 0.29) is 22.8 Å². The SMILES string of the molecule is COC(=O)c1cc(C(C)[C@@]2(c3ccc(F)c(-c4cccnc4F)c3)N=C(N)N(C)C2=O)c[nH]1. The molecule has 2 atom stereocenters. The fraction of sp³-hybridized carbons (Fsp3) is 0.217. The molecule has 1 aliphatic rings. The van der Waals surface area contributed by atoms with E-state index in [0.29, 0.717) is 11.1 Å². The van der Waals surface area contributed by atoms with Gasteiger partial charge in [-0.05, 0) is 41.5 Å². The standard InChI is InChI=1S/C23H21F2N5O3/c1-12(13-9-18(28-11-13)20(31)33-3)23(21(32)30(2)22(26)29-23)14-6-7-17(24)16(10-14)15-5-4-8-27-19(15)25/h4-12,28H,1-3H3,(H2,26,29)/t12?,23-/m0/s1. The van der Waals surface area contributed by atoms with Gasteiger partial charge in [0.1, 0.15) is 11.5 Å². The number of aromatic nitrogens is 2. The van der Waals surface area contributed by atoms with Crippen molar-refractivity contribution < 1.29 is 23.1 Å². The van der Waals surface area contributed by atoms with Gasteiger partial charge in [0, 0.05) is 36.5 Å². The molecule has 33 heavy (non-hydrogen) atoms. The largest absolute Gasteiger partial charge is 0.464 e. The molecule has 1 amide bonds. The van der Waals surface area contributed by atoms with Crippen molar-refractivity contribution in [2.24, 2.45) is 10.7 Å². The van der Waals surface area contributed by atoms with Gasteiger partial charge in [-0.15, -0.1) is 0 Å². The maximum absolute atomic E-state index is 14.7. The molecule has 2 aromatic heterocycles. The van der Waals surface area contributed by atoms with Crippen LogP contribution in [0.3, 0.4) is 0 Å². The van der Waals surface area contributed by atoms with Crippen molar-refractivity contribution in [2.75, 3.05) is 14.2 Å². The van der Waals surface area contributed by atoms with Crippen molar-refractivity contribution in [3.05, 3.63) is 77.4 Å². The Hall–Kier alpha value is -4.08. The number of aliphatic imine (C=N–C) groups is 1. The summed E-state index contributed by atoms with van der Waals surface area (Å²) < 4.78 is 33.8. The summed E-state index contributed by atoms with van der Waals surface area (Å²) in [5.41, 5.74) is 5.40. The summed E-state index contributed by atoms with van der Waals surface area (Å²) in [6.07, 6.45) is 2.83. The highest BCUT2D eigenvalue weighted by Gasteiger charge is 2.52. The zero-order chi connectivity index (χ0) is 23.9. The van der Waals surface area contributed by atoms with E-state index in [9.17, 15) is 18.4 Å². The number of halogens is 2. The molecule has 0 bridgehead atoms. The van der Waals surface area contributed by atoms with Crippen LogP contribution in [0.4, 0.5) is 8.78 Å². The maximum atomic E-state index is 14.7. The van der Waals surface area contributed by atoms with Crippen molar-refractivity contribution in [1.29, 1.82) is 0 Å². The number of methoxy groups -OCH3 is 1. The van der Waals surface area contributed by atoms with Crippen LogP contribution in [-0.4, -0.2) is 46.9 Å². The van der Waals surface area contributed by atoms with Crippen LogP contribution in [0.15, 0.2) is 53.8 Å². The highest BCUT2D eigenvalue weighted by molar-refractivity contribution is 6.07. The first kappa shape index (κ1) is 22.1. The lowest BCUT2D eigenvalue weighted by Gasteiger charge is -2.31. The molecule has 1 aliphatic heterocycles. The minimum Gasteiger partial charge on any atom is -0.464 e. The van der Waals surface area contributed by atoms with E-state index < -0.39 is 35.1 Å². The number of guanidine groups is 1. The van der Waals surface area contributed by atoms with E-state index in [4.69, 9.17) is 10.5 Å². The van der Waals surface area contributed by atoms with Crippen molar-refractivity contribution in [1.82, 2.24) is 14.9 Å². The van der Waals surface area contributed by atoms with Gasteiger partial charge < -0.3 is 15.5 Å². The molecule has 3 N–H and O–H groups in total. The number of likely N-dealkylation sites (N-methyl/N-ethyl adjacent to an activating group) is 1. The monoisotopic (exact) mass is 453 g/mol. The molecular formula is C23H21F2N5O3. The lowest BCUT2D eigenvalue weighted by atomic mass is 9.75. The summed E-state index contributed by atoms with van der Waals surface area (Å²) in [5.74, 6) is -3.20. The van der Waals surface area contributed by atoms with Gasteiger partial charge in [-0.3, -0.25) is 9.69 Å². The Morgan fingerprint density at radius 1 is 1.24 bits per heavy atom. The topological polar surface area (TPSA) is 114 Å². The molecule has 0 spiro atoms. The highest BCUT2D eigenvalue weighted by Crippen LogP contribution is 2.46. The lowest BCUT2D eigenvalue weighted by molar-refractivity contribution is -0.131. The Kier molecular flexibility index (Phi) is 5.44. The predicted molar refractivity (Wildman–Crippen MR) is 116 cm³/mol. The Balaban J connectivity index is 1.91. The second-order valence-electron chi connectivity index (χ2n) is 7.70. The summed E-state index contributed by atoms with van der Waals surface area (Å²) in [6, 6.07) is 8.40. The molecule has 10 heteroatoms. The van der Waals surface area contributed by atoms with Crippen LogP contribution in [0, 0.1) is 11.8 Å². The smallest absolute Gasteiger partial charge is 0.354 e. The normalized spacial score (nSPS) is 18.9. The van der Waals surface area contributed by atoms with Crippen LogP contribution < -0.4 is 5.73 Å². The first-order chi connectivity index (χ1) is 15.7. The fourth-order valence-electron chi connectivity index (χ4n) is 4.07. The average molecular weight is 453 g/mol. The molecule has 0 saturated carbocycles. The molecule has 170 valence electrons. The lowest BCUT2D eigenvalue weighted by Crippen LogP contribution is -2.43. The second-order valence-corrected chi connectivity index (χ2v) is 7.70. The molecule has 3 heterocycles. The molecule has 0 radical (unpaired) electrons. The zero-order valence-corrected chi connectivity index (χ0v) is 18.1. The number of esters is 1. The number of H-pyrrole nitrogens is 1. The third-order valence-electron chi connectivity index (χ3n) is 5.96. The number of nitrogens with one attached hydrogen (secondary N) is 1. The third-order valence-corrected chi connectivity index (χ3v) is 5.96. The number of benzene rings is 1. The molecule has 8 nitrogen and oxygen atoms in total. The number of carbonyl (C=O) groups excluding carboxylic acids is 2. The quantitative estimate of drug-likeness (QED) is 0.456. The van der Waals surface area contributed by atoms with E-state index >= 15 is 0 Å². The van der Waals surface area contributed by atoms with Crippen LogP contribution in [0.25, 0.3) is 11.1 Å². The van der Waals surface area contributed by atoms with Crippen molar-refractivity contribution in [3.63, 3.8) is 0 Å². The fourth-order valence-corrected chi connectivity index (χ4v) is 4.07. The summed E-state index contributed by atoms with van der Waals surface area (Å²) in [6.45, 7) is 1.74.